The first-order valence-electron chi connectivity index (χ1n) is 4.44. The average molecular weight is 202 g/mol. The van der Waals surface area contributed by atoms with Crippen molar-refractivity contribution in [3.8, 4) is 0 Å². The summed E-state index contributed by atoms with van der Waals surface area (Å²) in [5.74, 6) is -2.14. The van der Waals surface area contributed by atoms with Crippen LogP contribution in [-0.2, 0) is 9.59 Å². The molecule has 5 nitrogen and oxygen atoms in total. The minimum atomic E-state index is -1.11. The lowest BCUT2D eigenvalue weighted by Crippen LogP contribution is -2.41. The molecule has 0 heterocycles. The van der Waals surface area contributed by atoms with Gasteiger partial charge in [0.05, 0.1) is 0 Å². The molecule has 0 radical (unpaired) electrons. The summed E-state index contributed by atoms with van der Waals surface area (Å²) < 4.78 is 0. The molecule has 2 atom stereocenters. The lowest BCUT2D eigenvalue weighted by molar-refractivity contribution is -0.139. The van der Waals surface area contributed by atoms with E-state index in [9.17, 15) is 9.59 Å². The summed E-state index contributed by atoms with van der Waals surface area (Å²) in [6, 6.07) is -1.04. The summed E-state index contributed by atoms with van der Waals surface area (Å²) in [5.41, 5.74) is 10.2. The van der Waals surface area contributed by atoms with Gasteiger partial charge in [-0.3, -0.25) is 9.59 Å². The number of carboxylic acids is 1. The fourth-order valence-electron chi connectivity index (χ4n) is 1.25. The van der Waals surface area contributed by atoms with E-state index in [0.717, 1.165) is 0 Å². The first-order valence-corrected chi connectivity index (χ1v) is 4.44. The molecular formula is C9H18N2O3. The Hall–Kier alpha value is -1.10. The van der Waals surface area contributed by atoms with Crippen LogP contribution in [0.2, 0.25) is 0 Å². The predicted molar refractivity (Wildman–Crippen MR) is 52.4 cm³/mol. The zero-order valence-electron chi connectivity index (χ0n) is 8.78. The van der Waals surface area contributed by atoms with Crippen molar-refractivity contribution in [3.63, 3.8) is 0 Å². The molecule has 0 saturated carbocycles. The molecule has 0 aromatic carbocycles. The highest BCUT2D eigenvalue weighted by Gasteiger charge is 2.32. The van der Waals surface area contributed by atoms with Crippen LogP contribution in [0.25, 0.3) is 0 Å². The molecule has 14 heavy (non-hydrogen) atoms. The van der Waals surface area contributed by atoms with Crippen LogP contribution in [-0.4, -0.2) is 23.0 Å². The van der Waals surface area contributed by atoms with Crippen molar-refractivity contribution in [1.29, 1.82) is 0 Å². The molecule has 5 heteroatoms. The third kappa shape index (κ3) is 3.74. The maximum absolute atomic E-state index is 11.1. The summed E-state index contributed by atoms with van der Waals surface area (Å²) in [6.07, 6.45) is 0.0775. The first kappa shape index (κ1) is 12.9. The van der Waals surface area contributed by atoms with Gasteiger partial charge in [-0.2, -0.15) is 0 Å². The maximum Gasteiger partial charge on any atom is 0.320 e. The maximum atomic E-state index is 11.1. The van der Waals surface area contributed by atoms with Gasteiger partial charge in [0, 0.05) is 5.92 Å². The number of hydrogen-bond donors (Lipinski definition) is 3. The summed E-state index contributed by atoms with van der Waals surface area (Å²) in [6.45, 7) is 5.49. The van der Waals surface area contributed by atoms with Gasteiger partial charge in [-0.15, -0.1) is 0 Å². The fraction of sp³-hybridized carbons (Fsp3) is 0.778. The Bertz CT molecular complexity index is 233. The van der Waals surface area contributed by atoms with Crippen molar-refractivity contribution in [2.24, 2.45) is 22.8 Å². The van der Waals surface area contributed by atoms with Gasteiger partial charge in [0.25, 0.3) is 0 Å². The lowest BCUT2D eigenvalue weighted by atomic mass is 9.77. The molecule has 0 aliphatic carbocycles. The standard InChI is InChI=1S/C9H18N2O3/c1-9(2,3)5(7(11)12)4-6(10)8(13)14/h5-6H,4,10H2,1-3H3,(H2,11,12)(H,13,14)/t5?,6-/m0/s1. The van der Waals surface area contributed by atoms with E-state index < -0.39 is 23.8 Å². The number of hydrogen-bond acceptors (Lipinski definition) is 3. The van der Waals surface area contributed by atoms with Crippen molar-refractivity contribution in [2.75, 3.05) is 0 Å². The third-order valence-electron chi connectivity index (χ3n) is 2.20. The van der Waals surface area contributed by atoms with Gasteiger partial charge in [0.15, 0.2) is 0 Å². The molecule has 0 spiro atoms. The summed E-state index contributed by atoms with van der Waals surface area (Å²) in [7, 11) is 0. The Labute approximate surface area is 83.5 Å². The van der Waals surface area contributed by atoms with E-state index in [2.05, 4.69) is 0 Å². The minimum absolute atomic E-state index is 0.0775. The van der Waals surface area contributed by atoms with Crippen LogP contribution in [0.4, 0.5) is 0 Å². The molecule has 0 aliphatic rings. The molecule has 0 fully saturated rings. The molecule has 0 saturated heterocycles. The zero-order valence-corrected chi connectivity index (χ0v) is 8.78. The summed E-state index contributed by atoms with van der Waals surface area (Å²) in [5, 5.41) is 8.60. The van der Waals surface area contributed by atoms with Crippen molar-refractivity contribution >= 4 is 11.9 Å². The molecule has 0 aliphatic heterocycles. The topological polar surface area (TPSA) is 106 Å². The smallest absolute Gasteiger partial charge is 0.320 e. The highest BCUT2D eigenvalue weighted by atomic mass is 16.4. The minimum Gasteiger partial charge on any atom is -0.480 e. The quantitative estimate of drug-likeness (QED) is 0.593. The van der Waals surface area contributed by atoms with Crippen LogP contribution in [0, 0.1) is 11.3 Å². The van der Waals surface area contributed by atoms with Crippen LogP contribution in [0.5, 0.6) is 0 Å². The highest BCUT2D eigenvalue weighted by molar-refractivity contribution is 5.79. The number of carbonyl (C=O) groups is 2. The largest absolute Gasteiger partial charge is 0.480 e. The number of carboxylic acid groups (broad SMARTS) is 1. The Kier molecular flexibility index (Phi) is 4.07. The van der Waals surface area contributed by atoms with Crippen molar-refractivity contribution in [1.82, 2.24) is 0 Å². The van der Waals surface area contributed by atoms with Gasteiger partial charge in [-0.1, -0.05) is 20.8 Å². The summed E-state index contributed by atoms with van der Waals surface area (Å²) >= 11 is 0. The SMILES string of the molecule is CC(C)(C)C(C[C@H](N)C(=O)O)C(N)=O. The van der Waals surface area contributed by atoms with Crippen molar-refractivity contribution < 1.29 is 14.7 Å². The van der Waals surface area contributed by atoms with Crippen LogP contribution in [0.15, 0.2) is 0 Å². The third-order valence-corrected chi connectivity index (χ3v) is 2.20. The van der Waals surface area contributed by atoms with E-state index in [-0.39, 0.29) is 11.8 Å². The van der Waals surface area contributed by atoms with E-state index in [4.69, 9.17) is 16.6 Å². The number of carbonyl (C=O) groups excluding carboxylic acids is 1. The van der Waals surface area contributed by atoms with E-state index in [1.54, 1.807) is 0 Å². The molecular weight excluding hydrogens is 184 g/mol. The summed E-state index contributed by atoms with van der Waals surface area (Å²) in [4.78, 5) is 21.6. The van der Waals surface area contributed by atoms with Gasteiger partial charge < -0.3 is 16.6 Å². The Morgan fingerprint density at radius 2 is 1.79 bits per heavy atom. The van der Waals surface area contributed by atoms with E-state index in [1.807, 2.05) is 20.8 Å². The number of aliphatic carboxylic acids is 1. The molecule has 1 amide bonds. The van der Waals surface area contributed by atoms with Crippen molar-refractivity contribution in [3.05, 3.63) is 0 Å². The van der Waals surface area contributed by atoms with Gasteiger partial charge in [-0.25, -0.2) is 0 Å². The molecule has 1 unspecified atom stereocenters. The monoisotopic (exact) mass is 202 g/mol. The van der Waals surface area contributed by atoms with Crippen LogP contribution < -0.4 is 11.5 Å². The van der Waals surface area contributed by atoms with Crippen LogP contribution in [0.1, 0.15) is 27.2 Å². The second kappa shape index (κ2) is 4.41. The number of nitrogens with two attached hydrogens (primary N) is 2. The molecule has 0 rings (SSSR count). The van der Waals surface area contributed by atoms with Gasteiger partial charge >= 0.3 is 5.97 Å². The molecule has 82 valence electrons. The Morgan fingerprint density at radius 1 is 1.36 bits per heavy atom. The second-order valence-corrected chi connectivity index (χ2v) is 4.50. The zero-order chi connectivity index (χ0) is 11.5. The molecule has 0 aromatic rings. The average Bonchev–Trinajstić information content (AvgIpc) is 1.96. The molecule has 5 N–H and O–H groups in total. The van der Waals surface area contributed by atoms with Crippen molar-refractivity contribution in [2.45, 2.75) is 33.2 Å². The Morgan fingerprint density at radius 3 is 2.00 bits per heavy atom. The van der Waals surface area contributed by atoms with E-state index in [1.165, 1.54) is 0 Å². The lowest BCUT2D eigenvalue weighted by Gasteiger charge is -2.28. The van der Waals surface area contributed by atoms with Crippen LogP contribution >= 0.6 is 0 Å². The first-order chi connectivity index (χ1) is 6.16. The normalized spacial score (nSPS) is 16.0. The van der Waals surface area contributed by atoms with Gasteiger partial charge in [0.2, 0.25) is 5.91 Å². The van der Waals surface area contributed by atoms with Gasteiger partial charge in [0.1, 0.15) is 6.04 Å². The molecule has 0 bridgehead atoms. The number of primary amides is 1. The van der Waals surface area contributed by atoms with Gasteiger partial charge in [-0.05, 0) is 11.8 Å². The van der Waals surface area contributed by atoms with E-state index in [0.29, 0.717) is 0 Å². The molecule has 0 aromatic heterocycles. The number of rotatable bonds is 4. The highest BCUT2D eigenvalue weighted by Crippen LogP contribution is 2.29. The fourth-order valence-corrected chi connectivity index (χ4v) is 1.25. The number of amides is 1. The van der Waals surface area contributed by atoms with E-state index >= 15 is 0 Å². The second-order valence-electron chi connectivity index (χ2n) is 4.50. The van der Waals surface area contributed by atoms with Crippen LogP contribution in [0.3, 0.4) is 0 Å². The predicted octanol–water partition coefficient (Wildman–Crippen LogP) is -0.0640. The Balaban J connectivity index is 4.55.